The Morgan fingerprint density at radius 3 is 2.71 bits per heavy atom. The molecule has 0 spiro atoms. The zero-order valence-electron chi connectivity index (χ0n) is 12.4. The Morgan fingerprint density at radius 1 is 1.43 bits per heavy atom. The Kier molecular flexibility index (Phi) is 5.58. The molecule has 1 fully saturated rings. The summed E-state index contributed by atoms with van der Waals surface area (Å²) in [5.41, 5.74) is 0.534. The molecule has 1 aromatic carbocycles. The van der Waals surface area contributed by atoms with Crippen molar-refractivity contribution < 1.29 is 9.18 Å². The van der Waals surface area contributed by atoms with E-state index in [2.05, 4.69) is 26.1 Å². The minimum absolute atomic E-state index is 0.124. The summed E-state index contributed by atoms with van der Waals surface area (Å²) in [4.78, 5) is 15.4. The van der Waals surface area contributed by atoms with Crippen molar-refractivity contribution in [2.45, 2.75) is 18.9 Å². The number of hydrogen-bond acceptors (Lipinski definition) is 3. The molecule has 0 aromatic heterocycles. The third kappa shape index (κ3) is 4.68. The lowest BCUT2D eigenvalue weighted by Crippen LogP contribution is -2.44. The second-order valence-corrected chi connectivity index (χ2v) is 6.52. The molecule has 21 heavy (non-hydrogen) atoms. The lowest BCUT2D eigenvalue weighted by Gasteiger charge is -2.33. The summed E-state index contributed by atoms with van der Waals surface area (Å²) in [7, 11) is 3.54. The summed E-state index contributed by atoms with van der Waals surface area (Å²) >= 11 is 3.35. The van der Waals surface area contributed by atoms with Gasteiger partial charge in [0.05, 0.1) is 12.2 Å². The maximum Gasteiger partial charge on any atom is 0.236 e. The number of rotatable bonds is 4. The molecule has 6 heteroatoms. The van der Waals surface area contributed by atoms with Crippen LogP contribution in [0.3, 0.4) is 0 Å². The third-order valence-corrected chi connectivity index (χ3v) is 4.23. The van der Waals surface area contributed by atoms with E-state index in [1.165, 1.54) is 6.07 Å². The third-order valence-electron chi connectivity index (χ3n) is 3.73. The minimum Gasteiger partial charge on any atom is -0.380 e. The van der Waals surface area contributed by atoms with Crippen molar-refractivity contribution in [1.29, 1.82) is 0 Å². The van der Waals surface area contributed by atoms with E-state index in [9.17, 15) is 9.18 Å². The van der Waals surface area contributed by atoms with Crippen LogP contribution in [-0.2, 0) is 4.79 Å². The Morgan fingerprint density at radius 2 is 2.10 bits per heavy atom. The van der Waals surface area contributed by atoms with E-state index < -0.39 is 0 Å². The second-order valence-electron chi connectivity index (χ2n) is 5.61. The quantitative estimate of drug-likeness (QED) is 0.899. The molecule has 0 atom stereocenters. The first-order chi connectivity index (χ1) is 9.95. The zero-order chi connectivity index (χ0) is 15.4. The van der Waals surface area contributed by atoms with Gasteiger partial charge in [0.15, 0.2) is 0 Å². The molecule has 116 valence electrons. The summed E-state index contributed by atoms with van der Waals surface area (Å²) in [6, 6.07) is 5.16. The standard InChI is InChI=1S/C15H21BrFN3O/c1-19(2)15(21)10-20-7-5-12(6-8-20)18-14-9-11(16)3-4-13(14)17/h3-4,9,12,18H,5-8,10H2,1-2H3. The van der Waals surface area contributed by atoms with Gasteiger partial charge in [0, 0.05) is 37.7 Å². The van der Waals surface area contributed by atoms with Crippen molar-refractivity contribution in [3.63, 3.8) is 0 Å². The molecule has 0 aliphatic carbocycles. The first-order valence-corrected chi connectivity index (χ1v) is 7.89. The fourth-order valence-corrected chi connectivity index (χ4v) is 2.76. The topological polar surface area (TPSA) is 35.6 Å². The number of carbonyl (C=O) groups is 1. The van der Waals surface area contributed by atoms with Gasteiger partial charge in [-0.3, -0.25) is 9.69 Å². The summed E-state index contributed by atoms with van der Waals surface area (Å²) in [6.07, 6.45) is 1.82. The molecule has 1 heterocycles. The van der Waals surface area contributed by atoms with E-state index in [-0.39, 0.29) is 17.8 Å². The highest BCUT2D eigenvalue weighted by molar-refractivity contribution is 9.10. The molecule has 1 amide bonds. The van der Waals surface area contributed by atoms with Crippen molar-refractivity contribution in [3.05, 3.63) is 28.5 Å². The smallest absolute Gasteiger partial charge is 0.236 e. The van der Waals surface area contributed by atoms with Crippen LogP contribution < -0.4 is 5.32 Å². The van der Waals surface area contributed by atoms with Crippen molar-refractivity contribution in [3.8, 4) is 0 Å². The number of benzene rings is 1. The number of nitrogens with one attached hydrogen (secondary N) is 1. The van der Waals surface area contributed by atoms with E-state index in [1.807, 2.05) is 0 Å². The van der Waals surface area contributed by atoms with E-state index in [4.69, 9.17) is 0 Å². The number of halogens is 2. The van der Waals surface area contributed by atoms with Gasteiger partial charge in [-0.1, -0.05) is 15.9 Å². The first-order valence-electron chi connectivity index (χ1n) is 7.10. The number of anilines is 1. The SMILES string of the molecule is CN(C)C(=O)CN1CCC(Nc2cc(Br)ccc2F)CC1. The van der Waals surface area contributed by atoms with Crippen LogP contribution in [0.25, 0.3) is 0 Å². The molecule has 0 saturated carbocycles. The van der Waals surface area contributed by atoms with Gasteiger partial charge in [-0.25, -0.2) is 4.39 Å². The van der Waals surface area contributed by atoms with Crippen LogP contribution in [0.5, 0.6) is 0 Å². The lowest BCUT2D eigenvalue weighted by atomic mass is 10.0. The average molecular weight is 358 g/mol. The van der Waals surface area contributed by atoms with Gasteiger partial charge in [-0.2, -0.15) is 0 Å². The van der Waals surface area contributed by atoms with Crippen LogP contribution in [0.1, 0.15) is 12.8 Å². The molecular weight excluding hydrogens is 337 g/mol. The Labute approximate surface area is 133 Å². The van der Waals surface area contributed by atoms with Crippen LogP contribution in [0.4, 0.5) is 10.1 Å². The van der Waals surface area contributed by atoms with E-state index in [0.29, 0.717) is 12.2 Å². The molecular formula is C15H21BrFN3O. The minimum atomic E-state index is -0.233. The van der Waals surface area contributed by atoms with Crippen molar-refractivity contribution >= 4 is 27.5 Å². The van der Waals surface area contributed by atoms with Gasteiger partial charge in [-0.05, 0) is 31.0 Å². The zero-order valence-corrected chi connectivity index (χ0v) is 14.0. The van der Waals surface area contributed by atoms with E-state index in [0.717, 1.165) is 30.4 Å². The normalized spacial score (nSPS) is 16.8. The monoisotopic (exact) mass is 357 g/mol. The Bertz CT molecular complexity index is 502. The summed E-state index contributed by atoms with van der Waals surface area (Å²) in [5, 5.41) is 3.26. The fourth-order valence-electron chi connectivity index (χ4n) is 2.40. The highest BCUT2D eigenvalue weighted by Gasteiger charge is 2.21. The van der Waals surface area contributed by atoms with Crippen LogP contribution in [0.15, 0.2) is 22.7 Å². The molecule has 4 nitrogen and oxygen atoms in total. The number of carbonyl (C=O) groups excluding carboxylic acids is 1. The van der Waals surface area contributed by atoms with Gasteiger partial charge >= 0.3 is 0 Å². The predicted molar refractivity (Wildman–Crippen MR) is 85.9 cm³/mol. The number of amides is 1. The summed E-state index contributed by atoms with van der Waals surface area (Å²) in [6.45, 7) is 2.17. The molecule has 1 N–H and O–H groups in total. The lowest BCUT2D eigenvalue weighted by molar-refractivity contribution is -0.130. The highest BCUT2D eigenvalue weighted by Crippen LogP contribution is 2.23. The maximum atomic E-state index is 13.7. The highest BCUT2D eigenvalue weighted by atomic mass is 79.9. The van der Waals surface area contributed by atoms with Gasteiger partial charge in [0.1, 0.15) is 5.82 Å². The molecule has 1 aliphatic rings. The van der Waals surface area contributed by atoms with Gasteiger partial charge in [-0.15, -0.1) is 0 Å². The molecule has 0 unspecified atom stereocenters. The number of nitrogens with zero attached hydrogens (tertiary/aromatic N) is 2. The molecule has 0 radical (unpaired) electrons. The van der Waals surface area contributed by atoms with Crippen LogP contribution in [0, 0.1) is 5.82 Å². The number of hydrogen-bond donors (Lipinski definition) is 1. The summed E-state index contributed by atoms with van der Waals surface area (Å²) < 4.78 is 14.6. The van der Waals surface area contributed by atoms with Gasteiger partial charge in [0.25, 0.3) is 0 Å². The Balaban J connectivity index is 1.84. The molecule has 2 rings (SSSR count). The van der Waals surface area contributed by atoms with Crippen LogP contribution in [0.2, 0.25) is 0 Å². The van der Waals surface area contributed by atoms with Gasteiger partial charge in [0.2, 0.25) is 5.91 Å². The largest absolute Gasteiger partial charge is 0.380 e. The second kappa shape index (κ2) is 7.22. The number of piperidine rings is 1. The molecule has 1 aliphatic heterocycles. The number of likely N-dealkylation sites (tertiary alicyclic amines) is 1. The molecule has 0 bridgehead atoms. The van der Waals surface area contributed by atoms with Crippen molar-refractivity contribution in [2.75, 3.05) is 39.0 Å². The fraction of sp³-hybridized carbons (Fsp3) is 0.533. The van der Waals surface area contributed by atoms with Crippen molar-refractivity contribution in [1.82, 2.24) is 9.80 Å². The summed E-state index contributed by atoms with van der Waals surface area (Å²) in [5.74, 6) is -0.108. The van der Waals surface area contributed by atoms with E-state index in [1.54, 1.807) is 31.1 Å². The van der Waals surface area contributed by atoms with E-state index >= 15 is 0 Å². The average Bonchev–Trinajstić information content (AvgIpc) is 2.45. The molecule has 1 saturated heterocycles. The molecule has 1 aromatic rings. The first kappa shape index (κ1) is 16.2. The number of likely N-dealkylation sites (N-methyl/N-ethyl adjacent to an activating group) is 1. The van der Waals surface area contributed by atoms with Crippen molar-refractivity contribution in [2.24, 2.45) is 0 Å². The Hall–Kier alpha value is -1.14. The predicted octanol–water partition coefficient (Wildman–Crippen LogP) is 2.55. The van der Waals surface area contributed by atoms with Crippen LogP contribution >= 0.6 is 15.9 Å². The maximum absolute atomic E-state index is 13.7. The van der Waals surface area contributed by atoms with Gasteiger partial charge < -0.3 is 10.2 Å². The van der Waals surface area contributed by atoms with Crippen LogP contribution in [-0.4, -0.2) is 55.5 Å².